The summed E-state index contributed by atoms with van der Waals surface area (Å²) in [5.41, 5.74) is 10.9. The average molecular weight is 509 g/mol. The Bertz CT molecular complexity index is 1400. The number of rotatable bonds is 8. The van der Waals surface area contributed by atoms with Gasteiger partial charge in [-0.05, 0) is 47.5 Å². The summed E-state index contributed by atoms with van der Waals surface area (Å²) in [5.74, 6) is 0.510. The van der Waals surface area contributed by atoms with Crippen LogP contribution >= 0.6 is 0 Å². The molecule has 0 amide bonds. The topological polar surface area (TPSA) is 173 Å². The summed E-state index contributed by atoms with van der Waals surface area (Å²) in [6.45, 7) is -0.142. The van der Waals surface area contributed by atoms with Crippen LogP contribution in [0.25, 0.3) is 11.2 Å². The van der Waals surface area contributed by atoms with Crippen LogP contribution in [0.3, 0.4) is 0 Å². The third-order valence-corrected chi connectivity index (χ3v) is 5.82. The van der Waals surface area contributed by atoms with E-state index in [0.29, 0.717) is 12.4 Å². The lowest BCUT2D eigenvalue weighted by molar-refractivity contribution is -0.0511. The summed E-state index contributed by atoms with van der Waals surface area (Å²) >= 11 is 0. The van der Waals surface area contributed by atoms with Crippen molar-refractivity contribution in [2.24, 2.45) is 5.10 Å². The van der Waals surface area contributed by atoms with Gasteiger partial charge in [0.05, 0.1) is 19.1 Å². The number of nitrogens with one attached hydrogen (secondary N) is 1. The number of fused-ring (bicyclic) bond motifs is 1. The van der Waals surface area contributed by atoms with E-state index in [0.717, 1.165) is 11.1 Å². The number of imidazole rings is 1. The standard InChI is InChI=1S/C24H24FN7O5/c25-15-5-1-14(2-6-15)11-36-16-7-3-13(4-8-16)9-28-31-24-29-21(26)18-22(30-24)32(12-27-18)23-20(35)19(34)17(10-33)37-23/h1-9,12,17,19-20,23,33-35H,10-11H2,(H3,26,29,30,31)/b28-9+/t17-,19-,20-,23-/m1/s1. The van der Waals surface area contributed by atoms with Crippen molar-refractivity contribution < 1.29 is 29.2 Å². The molecule has 0 radical (unpaired) electrons. The molecule has 0 spiro atoms. The van der Waals surface area contributed by atoms with Gasteiger partial charge in [-0.15, -0.1) is 0 Å². The predicted molar refractivity (Wildman–Crippen MR) is 131 cm³/mol. The van der Waals surface area contributed by atoms with Gasteiger partial charge >= 0.3 is 0 Å². The number of ether oxygens (including phenoxy) is 2. The highest BCUT2D eigenvalue weighted by Crippen LogP contribution is 2.32. The van der Waals surface area contributed by atoms with Crippen LogP contribution < -0.4 is 15.9 Å². The summed E-state index contributed by atoms with van der Waals surface area (Å²) in [5, 5.41) is 33.9. The van der Waals surface area contributed by atoms with Gasteiger partial charge < -0.3 is 30.5 Å². The second kappa shape index (κ2) is 10.4. The fourth-order valence-electron chi connectivity index (χ4n) is 3.85. The first-order valence-electron chi connectivity index (χ1n) is 11.3. The Morgan fingerprint density at radius 1 is 1.11 bits per heavy atom. The summed E-state index contributed by atoms with van der Waals surface area (Å²) in [4.78, 5) is 12.7. The van der Waals surface area contributed by atoms with Gasteiger partial charge in [-0.25, -0.2) is 14.8 Å². The first-order valence-corrected chi connectivity index (χ1v) is 11.3. The van der Waals surface area contributed by atoms with Gasteiger partial charge in [0, 0.05) is 0 Å². The second-order valence-electron chi connectivity index (χ2n) is 8.34. The van der Waals surface area contributed by atoms with E-state index in [9.17, 15) is 19.7 Å². The van der Waals surface area contributed by atoms with Crippen LogP contribution in [0.5, 0.6) is 5.75 Å². The number of nitrogen functional groups attached to an aromatic ring is 1. The van der Waals surface area contributed by atoms with Gasteiger partial charge in [0.25, 0.3) is 0 Å². The molecule has 2 aromatic heterocycles. The number of hydrazone groups is 1. The van der Waals surface area contributed by atoms with Gasteiger partial charge in [0.15, 0.2) is 17.7 Å². The first kappa shape index (κ1) is 24.5. The van der Waals surface area contributed by atoms with Crippen molar-refractivity contribution in [2.45, 2.75) is 31.1 Å². The third-order valence-electron chi connectivity index (χ3n) is 5.82. The van der Waals surface area contributed by atoms with E-state index in [1.54, 1.807) is 42.6 Å². The number of hydrogen-bond donors (Lipinski definition) is 5. The fourth-order valence-corrected chi connectivity index (χ4v) is 3.85. The molecule has 4 atom stereocenters. The number of halogens is 1. The molecule has 4 aromatic rings. The summed E-state index contributed by atoms with van der Waals surface area (Å²) < 4.78 is 25.7. The van der Waals surface area contributed by atoms with Gasteiger partial charge in [-0.1, -0.05) is 12.1 Å². The van der Waals surface area contributed by atoms with Crippen molar-refractivity contribution in [3.63, 3.8) is 0 Å². The molecule has 1 saturated heterocycles. The second-order valence-corrected chi connectivity index (χ2v) is 8.34. The van der Waals surface area contributed by atoms with Crippen molar-refractivity contribution in [1.29, 1.82) is 0 Å². The SMILES string of the molecule is Nc1nc(N/N=C/c2ccc(OCc3ccc(F)cc3)cc2)nc2c1ncn2[C@@H]1O[C@H](CO)[C@@H](O)[C@H]1O. The third kappa shape index (κ3) is 5.20. The number of aliphatic hydroxyl groups excluding tert-OH is 3. The maximum Gasteiger partial charge on any atom is 0.247 e. The maximum atomic E-state index is 13.0. The van der Waals surface area contributed by atoms with E-state index in [4.69, 9.17) is 15.2 Å². The molecule has 13 heteroatoms. The Balaban J connectivity index is 1.25. The quantitative estimate of drug-likeness (QED) is 0.171. The summed E-state index contributed by atoms with van der Waals surface area (Å²) in [6.07, 6.45) is -1.62. The molecule has 1 fully saturated rings. The minimum atomic E-state index is -1.30. The molecule has 6 N–H and O–H groups in total. The predicted octanol–water partition coefficient (Wildman–Crippen LogP) is 1.18. The molecule has 0 aliphatic carbocycles. The molecule has 5 rings (SSSR count). The van der Waals surface area contributed by atoms with E-state index < -0.39 is 31.1 Å². The smallest absolute Gasteiger partial charge is 0.247 e. The van der Waals surface area contributed by atoms with Crippen LogP contribution in [0.1, 0.15) is 17.4 Å². The van der Waals surface area contributed by atoms with Gasteiger partial charge in [0.2, 0.25) is 5.95 Å². The molecule has 0 unspecified atom stereocenters. The number of hydrogen-bond acceptors (Lipinski definition) is 11. The van der Waals surface area contributed by atoms with E-state index in [2.05, 4.69) is 25.5 Å². The van der Waals surface area contributed by atoms with Crippen LogP contribution in [0, 0.1) is 5.82 Å². The number of nitrogens with two attached hydrogens (primary N) is 1. The van der Waals surface area contributed by atoms with Crippen LogP contribution in [0.2, 0.25) is 0 Å². The van der Waals surface area contributed by atoms with Crippen molar-refractivity contribution in [3.8, 4) is 5.75 Å². The highest BCUT2D eigenvalue weighted by Gasteiger charge is 2.44. The molecule has 0 bridgehead atoms. The van der Waals surface area contributed by atoms with E-state index >= 15 is 0 Å². The normalized spacial score (nSPS) is 21.6. The van der Waals surface area contributed by atoms with Gasteiger partial charge in [-0.2, -0.15) is 15.1 Å². The number of aromatic nitrogens is 4. The Morgan fingerprint density at radius 2 is 1.86 bits per heavy atom. The van der Waals surface area contributed by atoms with E-state index in [1.807, 2.05) is 0 Å². The summed E-state index contributed by atoms with van der Waals surface area (Å²) in [6, 6.07) is 13.3. The molecular formula is C24H24FN7O5. The minimum absolute atomic E-state index is 0.0778. The first-order chi connectivity index (χ1) is 17.9. The molecular weight excluding hydrogens is 485 g/mol. The lowest BCUT2D eigenvalue weighted by Gasteiger charge is -2.16. The minimum Gasteiger partial charge on any atom is -0.489 e. The van der Waals surface area contributed by atoms with E-state index in [-0.39, 0.29) is 28.7 Å². The molecule has 3 heterocycles. The molecule has 1 aliphatic heterocycles. The molecule has 1 aliphatic rings. The monoisotopic (exact) mass is 509 g/mol. The zero-order chi connectivity index (χ0) is 25.9. The highest BCUT2D eigenvalue weighted by molar-refractivity contribution is 5.83. The Morgan fingerprint density at radius 3 is 2.57 bits per heavy atom. The van der Waals surface area contributed by atoms with Crippen molar-refractivity contribution in [1.82, 2.24) is 19.5 Å². The lowest BCUT2D eigenvalue weighted by Crippen LogP contribution is -2.33. The van der Waals surface area contributed by atoms with Gasteiger partial charge in [0.1, 0.15) is 42.0 Å². The lowest BCUT2D eigenvalue weighted by atomic mass is 10.1. The van der Waals surface area contributed by atoms with Crippen molar-refractivity contribution >= 4 is 29.1 Å². The maximum absolute atomic E-state index is 13.0. The zero-order valence-electron chi connectivity index (χ0n) is 19.3. The number of anilines is 2. The fraction of sp³-hybridized carbons (Fsp3) is 0.250. The molecule has 192 valence electrons. The Hall–Kier alpha value is -4.17. The Kier molecular flexibility index (Phi) is 6.92. The zero-order valence-corrected chi connectivity index (χ0v) is 19.3. The molecule has 2 aromatic carbocycles. The molecule has 12 nitrogen and oxygen atoms in total. The van der Waals surface area contributed by atoms with E-state index in [1.165, 1.54) is 23.0 Å². The van der Waals surface area contributed by atoms with Crippen LogP contribution in [-0.4, -0.2) is 66.0 Å². The van der Waals surface area contributed by atoms with Crippen molar-refractivity contribution in [2.75, 3.05) is 17.8 Å². The van der Waals surface area contributed by atoms with Crippen molar-refractivity contribution in [3.05, 3.63) is 71.8 Å². The van der Waals surface area contributed by atoms with Gasteiger partial charge in [-0.3, -0.25) is 4.57 Å². The molecule has 37 heavy (non-hydrogen) atoms. The largest absolute Gasteiger partial charge is 0.489 e. The van der Waals surface area contributed by atoms with Crippen LogP contribution in [0.4, 0.5) is 16.2 Å². The van der Waals surface area contributed by atoms with Crippen LogP contribution in [-0.2, 0) is 11.3 Å². The molecule has 0 saturated carbocycles. The number of benzene rings is 2. The summed E-state index contributed by atoms with van der Waals surface area (Å²) in [7, 11) is 0. The Labute approximate surface area is 209 Å². The average Bonchev–Trinajstić information content (AvgIpc) is 3.45. The number of nitrogens with zero attached hydrogens (tertiary/aromatic N) is 5. The highest BCUT2D eigenvalue weighted by atomic mass is 19.1. The van der Waals surface area contributed by atoms with Crippen LogP contribution in [0.15, 0.2) is 60.0 Å². The number of aliphatic hydroxyl groups is 3.